The molecule has 1 atom stereocenters. The van der Waals surface area contributed by atoms with Crippen molar-refractivity contribution in [2.75, 3.05) is 23.3 Å². The van der Waals surface area contributed by atoms with E-state index in [-0.39, 0.29) is 18.0 Å². The molecule has 3 N–H and O–H groups in total. The Bertz CT molecular complexity index is 971. The Morgan fingerprint density at radius 2 is 1.83 bits per heavy atom. The van der Waals surface area contributed by atoms with E-state index in [0.29, 0.717) is 22.4 Å². The summed E-state index contributed by atoms with van der Waals surface area (Å²) >= 11 is 0. The highest BCUT2D eigenvalue weighted by Gasteiger charge is 2.38. The van der Waals surface area contributed by atoms with E-state index >= 15 is 0 Å². The first kappa shape index (κ1) is 19.0. The number of primary amides is 1. The first-order valence-corrected chi connectivity index (χ1v) is 9.92. The number of amides is 3. The predicted octanol–water partition coefficient (Wildman–Crippen LogP) is 2.83. The van der Waals surface area contributed by atoms with E-state index in [1.54, 1.807) is 42.5 Å². The van der Waals surface area contributed by atoms with Crippen LogP contribution in [-0.2, 0) is 0 Å². The van der Waals surface area contributed by atoms with Crippen LogP contribution in [-0.4, -0.2) is 41.9 Å². The van der Waals surface area contributed by atoms with Crippen molar-refractivity contribution in [2.45, 2.75) is 32.4 Å². The molecule has 0 aromatic heterocycles. The standard InChI is InChI=1S/C22H24N4O3/c1-2-25-18-13-15(21(28)24-16-9-6-14(7-10-16)20(23)27)8-11-17(18)22(29)26-12-4-3-5-19(25)26/h6-11,13,19H,2-5,12H2,1H3,(H2,23,27)(H,24,28)/t19-/m1/s1. The van der Waals surface area contributed by atoms with Gasteiger partial charge in [-0.25, -0.2) is 0 Å². The van der Waals surface area contributed by atoms with Crippen LogP contribution >= 0.6 is 0 Å². The summed E-state index contributed by atoms with van der Waals surface area (Å²) in [5.74, 6) is -0.740. The van der Waals surface area contributed by atoms with Gasteiger partial charge in [0.2, 0.25) is 5.91 Å². The van der Waals surface area contributed by atoms with Gasteiger partial charge in [-0.2, -0.15) is 0 Å². The van der Waals surface area contributed by atoms with Crippen LogP contribution in [0, 0.1) is 0 Å². The normalized spacial score (nSPS) is 18.1. The largest absolute Gasteiger partial charge is 0.366 e. The summed E-state index contributed by atoms with van der Waals surface area (Å²) in [6.07, 6.45) is 3.14. The van der Waals surface area contributed by atoms with Crippen molar-refractivity contribution < 1.29 is 14.4 Å². The van der Waals surface area contributed by atoms with E-state index in [2.05, 4.69) is 17.1 Å². The molecule has 2 aliphatic rings. The zero-order chi connectivity index (χ0) is 20.5. The van der Waals surface area contributed by atoms with Crippen LogP contribution in [0.1, 0.15) is 57.3 Å². The Balaban J connectivity index is 1.61. The molecule has 0 saturated carbocycles. The van der Waals surface area contributed by atoms with E-state index in [0.717, 1.165) is 38.0 Å². The van der Waals surface area contributed by atoms with E-state index in [1.807, 2.05) is 4.90 Å². The highest BCUT2D eigenvalue weighted by molar-refractivity contribution is 6.08. The van der Waals surface area contributed by atoms with Gasteiger partial charge < -0.3 is 20.9 Å². The minimum Gasteiger partial charge on any atom is -0.366 e. The van der Waals surface area contributed by atoms with Gasteiger partial charge in [-0.05, 0) is 68.7 Å². The summed E-state index contributed by atoms with van der Waals surface area (Å²) in [5, 5.41) is 2.83. The molecule has 4 rings (SSSR count). The maximum absolute atomic E-state index is 12.9. The molecule has 29 heavy (non-hydrogen) atoms. The summed E-state index contributed by atoms with van der Waals surface area (Å²) < 4.78 is 0. The Kier molecular flexibility index (Phi) is 4.96. The maximum atomic E-state index is 12.9. The van der Waals surface area contributed by atoms with Crippen LogP contribution < -0.4 is 16.0 Å². The van der Waals surface area contributed by atoms with E-state index in [1.165, 1.54) is 0 Å². The van der Waals surface area contributed by atoms with Crippen molar-refractivity contribution in [3.63, 3.8) is 0 Å². The molecule has 0 unspecified atom stereocenters. The number of hydrogen-bond acceptors (Lipinski definition) is 4. The maximum Gasteiger partial charge on any atom is 0.257 e. The lowest BCUT2D eigenvalue weighted by Gasteiger charge is -2.47. The predicted molar refractivity (Wildman–Crippen MR) is 111 cm³/mol. The molecule has 2 aliphatic heterocycles. The molecule has 0 radical (unpaired) electrons. The molecule has 2 aromatic rings. The van der Waals surface area contributed by atoms with E-state index < -0.39 is 5.91 Å². The number of rotatable bonds is 4. The first-order valence-electron chi connectivity index (χ1n) is 9.92. The van der Waals surface area contributed by atoms with Gasteiger partial charge >= 0.3 is 0 Å². The molecule has 0 aliphatic carbocycles. The average molecular weight is 392 g/mol. The van der Waals surface area contributed by atoms with Crippen molar-refractivity contribution in [3.8, 4) is 0 Å². The number of nitrogens with two attached hydrogens (primary N) is 1. The molecule has 7 nitrogen and oxygen atoms in total. The fourth-order valence-electron chi connectivity index (χ4n) is 4.18. The minimum absolute atomic E-state index is 0.0448. The van der Waals surface area contributed by atoms with Crippen molar-refractivity contribution in [1.82, 2.24) is 4.90 Å². The van der Waals surface area contributed by atoms with Crippen LogP contribution in [0.3, 0.4) is 0 Å². The SMILES string of the molecule is CCN1c2cc(C(=O)Nc3ccc(C(N)=O)cc3)ccc2C(=O)N2CCCC[C@@H]21. The average Bonchev–Trinajstić information content (AvgIpc) is 2.74. The third kappa shape index (κ3) is 3.44. The Morgan fingerprint density at radius 3 is 2.52 bits per heavy atom. The number of piperidine rings is 1. The van der Waals surface area contributed by atoms with Gasteiger partial charge in [0.15, 0.2) is 0 Å². The highest BCUT2D eigenvalue weighted by atomic mass is 16.2. The van der Waals surface area contributed by atoms with Crippen LogP contribution in [0.5, 0.6) is 0 Å². The molecule has 150 valence electrons. The lowest BCUT2D eigenvalue weighted by molar-refractivity contribution is 0.0582. The third-order valence-electron chi connectivity index (χ3n) is 5.66. The second kappa shape index (κ2) is 7.58. The molecular weight excluding hydrogens is 368 g/mol. The summed E-state index contributed by atoms with van der Waals surface area (Å²) in [6.45, 7) is 3.61. The number of benzene rings is 2. The van der Waals surface area contributed by atoms with Gasteiger partial charge in [0.05, 0.1) is 11.3 Å². The lowest BCUT2D eigenvalue weighted by atomic mass is 9.97. The number of carbonyl (C=O) groups excluding carboxylic acids is 3. The topological polar surface area (TPSA) is 95.7 Å². The number of nitrogens with zero attached hydrogens (tertiary/aromatic N) is 2. The van der Waals surface area contributed by atoms with Crippen molar-refractivity contribution in [1.29, 1.82) is 0 Å². The summed E-state index contributed by atoms with van der Waals surface area (Å²) in [4.78, 5) is 41.0. The summed E-state index contributed by atoms with van der Waals surface area (Å²) in [5.41, 5.74) is 8.14. The number of hydrogen-bond donors (Lipinski definition) is 2. The molecule has 0 spiro atoms. The van der Waals surface area contributed by atoms with Crippen molar-refractivity contribution in [2.24, 2.45) is 5.73 Å². The highest BCUT2D eigenvalue weighted by Crippen LogP contribution is 2.35. The number of carbonyl (C=O) groups is 3. The molecule has 1 saturated heterocycles. The Hall–Kier alpha value is -3.35. The first-order chi connectivity index (χ1) is 14.0. The zero-order valence-electron chi connectivity index (χ0n) is 16.4. The van der Waals surface area contributed by atoms with Gasteiger partial charge in [-0.3, -0.25) is 14.4 Å². The fourth-order valence-corrected chi connectivity index (χ4v) is 4.18. The number of nitrogens with one attached hydrogen (secondary N) is 1. The second-order valence-corrected chi connectivity index (χ2v) is 7.39. The third-order valence-corrected chi connectivity index (χ3v) is 5.66. The van der Waals surface area contributed by atoms with Gasteiger partial charge in [0.1, 0.15) is 6.17 Å². The van der Waals surface area contributed by atoms with Crippen LogP contribution in [0.2, 0.25) is 0 Å². The van der Waals surface area contributed by atoms with Gasteiger partial charge in [-0.1, -0.05) is 0 Å². The summed E-state index contributed by atoms with van der Waals surface area (Å²) in [6, 6.07) is 11.6. The molecule has 7 heteroatoms. The van der Waals surface area contributed by atoms with Crippen LogP contribution in [0.25, 0.3) is 0 Å². The van der Waals surface area contributed by atoms with Crippen molar-refractivity contribution in [3.05, 3.63) is 59.2 Å². The Labute approximate surface area is 169 Å². The summed E-state index contributed by atoms with van der Waals surface area (Å²) in [7, 11) is 0. The van der Waals surface area contributed by atoms with Gasteiger partial charge in [0, 0.05) is 29.9 Å². The monoisotopic (exact) mass is 392 g/mol. The lowest BCUT2D eigenvalue weighted by Crippen LogP contribution is -2.57. The van der Waals surface area contributed by atoms with Crippen LogP contribution in [0.4, 0.5) is 11.4 Å². The zero-order valence-corrected chi connectivity index (χ0v) is 16.4. The quantitative estimate of drug-likeness (QED) is 0.836. The number of fused-ring (bicyclic) bond motifs is 2. The smallest absolute Gasteiger partial charge is 0.257 e. The van der Waals surface area contributed by atoms with Gasteiger partial charge in [0.25, 0.3) is 11.8 Å². The van der Waals surface area contributed by atoms with Crippen molar-refractivity contribution >= 4 is 29.1 Å². The molecule has 2 heterocycles. The molecular formula is C22H24N4O3. The Morgan fingerprint density at radius 1 is 1.10 bits per heavy atom. The van der Waals surface area contributed by atoms with E-state index in [9.17, 15) is 14.4 Å². The molecule has 1 fully saturated rings. The minimum atomic E-state index is -0.515. The fraction of sp³-hybridized carbons (Fsp3) is 0.318. The number of anilines is 2. The second-order valence-electron chi connectivity index (χ2n) is 7.39. The molecule has 2 aromatic carbocycles. The van der Waals surface area contributed by atoms with Crippen LogP contribution in [0.15, 0.2) is 42.5 Å². The van der Waals surface area contributed by atoms with Gasteiger partial charge in [-0.15, -0.1) is 0 Å². The molecule has 0 bridgehead atoms. The van der Waals surface area contributed by atoms with E-state index in [4.69, 9.17) is 5.73 Å². The molecule has 3 amide bonds.